The van der Waals surface area contributed by atoms with Crippen molar-refractivity contribution in [3.8, 4) is 0 Å². The number of thiocarbonyl (C=S) groups is 1. The van der Waals surface area contributed by atoms with Gasteiger partial charge < -0.3 is 42.7 Å². The fourth-order valence-corrected chi connectivity index (χ4v) is 5.30. The Labute approximate surface area is 297 Å². The molecule has 9 N–H and O–H groups in total. The number of nitrogens with two attached hydrogens (primary N) is 1. The van der Waals surface area contributed by atoms with Gasteiger partial charge in [-0.15, -0.1) is 0 Å². The number of rotatable bonds is 23. The maximum absolute atomic E-state index is 13.1. The van der Waals surface area contributed by atoms with Crippen LogP contribution in [0.3, 0.4) is 0 Å². The third kappa shape index (κ3) is 17.6. The number of amides is 4. The van der Waals surface area contributed by atoms with E-state index in [0.717, 1.165) is 17.5 Å². The summed E-state index contributed by atoms with van der Waals surface area (Å²) in [6, 6.07) is 5.42. The van der Waals surface area contributed by atoms with Crippen LogP contribution in [0.15, 0.2) is 24.3 Å². The van der Waals surface area contributed by atoms with Crippen LogP contribution < -0.4 is 37.6 Å². The highest BCUT2D eigenvalue weighted by Gasteiger charge is 2.28. The van der Waals surface area contributed by atoms with Gasteiger partial charge in [-0.2, -0.15) is 0 Å². The predicted molar refractivity (Wildman–Crippen MR) is 195 cm³/mol. The van der Waals surface area contributed by atoms with Gasteiger partial charge in [0.25, 0.3) is 0 Å². The summed E-state index contributed by atoms with van der Waals surface area (Å²) >= 11 is 5.55. The van der Waals surface area contributed by atoms with Crippen molar-refractivity contribution >= 4 is 46.8 Å². The van der Waals surface area contributed by atoms with Gasteiger partial charge in [-0.05, 0) is 48.6 Å². The van der Waals surface area contributed by atoms with Crippen molar-refractivity contribution in [3.05, 3.63) is 35.4 Å². The quantitative estimate of drug-likeness (QED) is 0.0780. The van der Waals surface area contributed by atoms with Crippen LogP contribution in [0.5, 0.6) is 0 Å². The molecule has 49 heavy (non-hydrogen) atoms. The van der Waals surface area contributed by atoms with Gasteiger partial charge in [0.05, 0.1) is 17.6 Å². The van der Waals surface area contributed by atoms with Crippen LogP contribution in [0.25, 0.3) is 0 Å². The van der Waals surface area contributed by atoms with E-state index in [9.17, 15) is 24.0 Å². The van der Waals surface area contributed by atoms with Crippen LogP contribution in [0, 0.1) is 17.8 Å². The zero-order chi connectivity index (χ0) is 37.1. The molecule has 13 nitrogen and oxygen atoms in total. The van der Waals surface area contributed by atoms with E-state index in [-0.39, 0.29) is 67.3 Å². The van der Waals surface area contributed by atoms with Gasteiger partial charge in [0, 0.05) is 38.5 Å². The number of carbonyl (C=O) groups is 5. The second-order valence-electron chi connectivity index (χ2n) is 13.4. The maximum atomic E-state index is 13.1. The summed E-state index contributed by atoms with van der Waals surface area (Å²) in [5.41, 5.74) is 7.62. The van der Waals surface area contributed by atoms with Crippen molar-refractivity contribution in [3.63, 3.8) is 0 Å². The van der Waals surface area contributed by atoms with Crippen molar-refractivity contribution in [2.24, 2.45) is 23.5 Å². The molecule has 1 aromatic rings. The summed E-state index contributed by atoms with van der Waals surface area (Å²) in [6.07, 6.45) is 1.47. The Morgan fingerprint density at radius 3 is 2.10 bits per heavy atom. The van der Waals surface area contributed by atoms with E-state index in [2.05, 4.69) is 45.7 Å². The summed E-state index contributed by atoms with van der Waals surface area (Å²) in [5, 5.41) is 26.7. The first-order valence-electron chi connectivity index (χ1n) is 17.2. The first kappa shape index (κ1) is 43.4. The maximum Gasteiger partial charge on any atom is 0.303 e. The number of aliphatic carboxylic acids is 1. The highest BCUT2D eigenvalue weighted by Crippen LogP contribution is 2.10. The summed E-state index contributed by atoms with van der Waals surface area (Å²) in [4.78, 5) is 62.8. The second kappa shape index (κ2) is 22.9. The highest BCUT2D eigenvalue weighted by atomic mass is 32.1. The van der Waals surface area contributed by atoms with Gasteiger partial charge in [0.15, 0.2) is 0 Å². The zero-order valence-electron chi connectivity index (χ0n) is 30.2. The fraction of sp³-hybridized carbons (Fsp3) is 0.657. The number of hydrogen-bond acceptors (Lipinski definition) is 8. The molecule has 0 saturated heterocycles. The molecule has 3 unspecified atom stereocenters. The normalized spacial score (nSPS) is 14.2. The van der Waals surface area contributed by atoms with Crippen LogP contribution in [-0.4, -0.2) is 76.9 Å². The standard InChI is InChI=1S/C35H59N7O6S/c1-8-23(6)32(41-28(43)13-10-14-30(44)45)35(48)39-20-29(49)40-27(15-21(2)3)19-37-24(7)33(46)42-31(22(4)5)34(47)38-18-26-12-9-11-25(16-26)17-36/h9,11-12,16,21-24,27,31-32,37H,8,10,13-15,17-20,36H2,1-7H3,(H,38,47)(H,39,48)(H,40,49)(H,41,43)(H,42,46)(H,44,45)/t23-,24-,27?,31?,32?/m0/s1. The fourth-order valence-electron chi connectivity index (χ4n) is 5.06. The number of carbonyl (C=O) groups excluding carboxylic acids is 4. The van der Waals surface area contributed by atoms with E-state index >= 15 is 0 Å². The van der Waals surface area contributed by atoms with E-state index in [1.54, 1.807) is 6.92 Å². The average molecular weight is 706 g/mol. The largest absolute Gasteiger partial charge is 0.481 e. The van der Waals surface area contributed by atoms with E-state index in [0.29, 0.717) is 37.0 Å². The van der Waals surface area contributed by atoms with E-state index < -0.39 is 24.1 Å². The van der Waals surface area contributed by atoms with E-state index in [1.165, 1.54) is 0 Å². The molecule has 0 aromatic heterocycles. The molecule has 0 saturated carbocycles. The van der Waals surface area contributed by atoms with Crippen molar-refractivity contribution in [2.75, 3.05) is 13.1 Å². The van der Waals surface area contributed by atoms with Crippen molar-refractivity contribution in [1.82, 2.24) is 31.9 Å². The van der Waals surface area contributed by atoms with Crippen molar-refractivity contribution in [1.29, 1.82) is 0 Å². The molecule has 5 atom stereocenters. The molecule has 0 bridgehead atoms. The lowest BCUT2D eigenvalue weighted by molar-refractivity contribution is -0.137. The molecule has 1 aromatic carbocycles. The zero-order valence-corrected chi connectivity index (χ0v) is 31.0. The first-order chi connectivity index (χ1) is 23.1. The van der Waals surface area contributed by atoms with Gasteiger partial charge in [-0.1, -0.05) is 84.4 Å². The van der Waals surface area contributed by atoms with Crippen LogP contribution in [0.1, 0.15) is 91.7 Å². The molecule has 1 rings (SSSR count). The smallest absolute Gasteiger partial charge is 0.303 e. The molecule has 0 fully saturated rings. The van der Waals surface area contributed by atoms with Gasteiger partial charge in [-0.25, -0.2) is 0 Å². The Bertz CT molecular complexity index is 1240. The topological polar surface area (TPSA) is 204 Å². The minimum atomic E-state index is -0.977. The molecule has 14 heteroatoms. The number of carboxylic acids is 1. The third-order valence-corrected chi connectivity index (χ3v) is 8.42. The highest BCUT2D eigenvalue weighted by molar-refractivity contribution is 7.80. The van der Waals surface area contributed by atoms with E-state index in [4.69, 9.17) is 23.1 Å². The van der Waals surface area contributed by atoms with Gasteiger partial charge in [-0.3, -0.25) is 24.0 Å². The number of nitrogens with one attached hydrogen (secondary N) is 6. The number of hydrogen-bond donors (Lipinski definition) is 8. The Balaban J connectivity index is 2.71. The Kier molecular flexibility index (Phi) is 20.3. The molecule has 4 amide bonds. The van der Waals surface area contributed by atoms with Crippen LogP contribution in [-0.2, 0) is 37.1 Å². The Hall–Kier alpha value is -3.62. The van der Waals surface area contributed by atoms with Crippen molar-refractivity contribution in [2.45, 2.75) is 118 Å². The lowest BCUT2D eigenvalue weighted by Crippen LogP contribution is -2.55. The van der Waals surface area contributed by atoms with Crippen molar-refractivity contribution < 1.29 is 29.1 Å². The summed E-state index contributed by atoms with van der Waals surface area (Å²) in [6.45, 7) is 14.6. The average Bonchev–Trinajstić information content (AvgIpc) is 3.05. The lowest BCUT2D eigenvalue weighted by atomic mass is 9.98. The molecular weight excluding hydrogens is 646 g/mol. The molecule has 0 radical (unpaired) electrons. The van der Waals surface area contributed by atoms with E-state index in [1.807, 2.05) is 52.0 Å². The molecule has 276 valence electrons. The minimum Gasteiger partial charge on any atom is -0.481 e. The molecule has 0 spiro atoms. The third-order valence-electron chi connectivity index (χ3n) is 8.16. The van der Waals surface area contributed by atoms with Crippen LogP contribution in [0.4, 0.5) is 0 Å². The predicted octanol–water partition coefficient (Wildman–Crippen LogP) is 2.11. The second-order valence-corrected chi connectivity index (χ2v) is 13.9. The summed E-state index contributed by atoms with van der Waals surface area (Å²) in [7, 11) is 0. The summed E-state index contributed by atoms with van der Waals surface area (Å²) in [5.74, 6) is -2.28. The van der Waals surface area contributed by atoms with Crippen LogP contribution >= 0.6 is 12.2 Å². The van der Waals surface area contributed by atoms with Gasteiger partial charge in [0.2, 0.25) is 23.6 Å². The SMILES string of the molecule is CC[C@H](C)C(NC(=O)CCCC(=O)O)C(=O)NCC(=S)NC(CN[C@@H](C)C(=O)NC(C(=O)NCc1cccc(CN)c1)C(C)C)CC(C)C. The monoisotopic (exact) mass is 705 g/mol. The Morgan fingerprint density at radius 1 is 0.857 bits per heavy atom. The first-order valence-corrected chi connectivity index (χ1v) is 17.7. The number of benzene rings is 1. The minimum absolute atomic E-state index is 0.0166. The Morgan fingerprint density at radius 2 is 1.51 bits per heavy atom. The molecule has 0 aliphatic carbocycles. The molecule has 0 aliphatic rings. The summed E-state index contributed by atoms with van der Waals surface area (Å²) < 4.78 is 0. The molecular formula is C35H59N7O6S. The van der Waals surface area contributed by atoms with Gasteiger partial charge in [0.1, 0.15) is 12.1 Å². The van der Waals surface area contributed by atoms with Crippen LogP contribution in [0.2, 0.25) is 0 Å². The van der Waals surface area contributed by atoms with Gasteiger partial charge >= 0.3 is 5.97 Å². The molecule has 0 aliphatic heterocycles. The number of carboxylic acid groups (broad SMARTS) is 1. The lowest BCUT2D eigenvalue weighted by Gasteiger charge is -2.27. The molecule has 0 heterocycles.